The lowest BCUT2D eigenvalue weighted by atomic mass is 10.1. The number of carbonyl (C=O) groups excluding carboxylic acids is 1. The fourth-order valence-corrected chi connectivity index (χ4v) is 2.48. The SMILES string of the molecule is Cc1cc(C(=O)OCc2ccccc2)ccc1OCc1ccccc1. The highest BCUT2D eigenvalue weighted by molar-refractivity contribution is 5.89. The Kier molecular flexibility index (Phi) is 5.47. The third kappa shape index (κ3) is 4.70. The molecule has 3 nitrogen and oxygen atoms in total. The Morgan fingerprint density at radius 3 is 2.00 bits per heavy atom. The van der Waals surface area contributed by atoms with Crippen LogP contribution in [0.3, 0.4) is 0 Å². The molecule has 3 aromatic rings. The largest absolute Gasteiger partial charge is 0.489 e. The molecule has 0 aliphatic carbocycles. The van der Waals surface area contributed by atoms with Crippen LogP contribution < -0.4 is 4.74 Å². The van der Waals surface area contributed by atoms with Gasteiger partial charge in [-0.3, -0.25) is 0 Å². The molecule has 3 rings (SSSR count). The summed E-state index contributed by atoms with van der Waals surface area (Å²) in [6, 6.07) is 25.0. The Bertz CT molecular complexity index is 826. The number of aryl methyl sites for hydroxylation is 1. The van der Waals surface area contributed by atoms with Gasteiger partial charge in [-0.15, -0.1) is 0 Å². The highest BCUT2D eigenvalue weighted by Gasteiger charge is 2.10. The van der Waals surface area contributed by atoms with Crippen molar-refractivity contribution >= 4 is 5.97 Å². The van der Waals surface area contributed by atoms with Crippen LogP contribution in [0.5, 0.6) is 5.75 Å². The highest BCUT2D eigenvalue weighted by atomic mass is 16.5. The maximum atomic E-state index is 12.2. The third-order valence-electron chi connectivity index (χ3n) is 3.86. The molecule has 0 radical (unpaired) electrons. The van der Waals surface area contributed by atoms with Gasteiger partial charge in [0.2, 0.25) is 0 Å². The summed E-state index contributed by atoms with van der Waals surface area (Å²) in [6.45, 7) is 2.69. The Labute approximate surface area is 147 Å². The van der Waals surface area contributed by atoms with E-state index in [0.29, 0.717) is 12.2 Å². The highest BCUT2D eigenvalue weighted by Crippen LogP contribution is 2.21. The van der Waals surface area contributed by atoms with Crippen molar-refractivity contribution in [2.45, 2.75) is 20.1 Å². The Morgan fingerprint density at radius 2 is 1.40 bits per heavy atom. The molecule has 3 aromatic carbocycles. The molecule has 3 heteroatoms. The minimum atomic E-state index is -0.332. The molecule has 0 heterocycles. The Morgan fingerprint density at radius 1 is 0.800 bits per heavy atom. The zero-order valence-corrected chi connectivity index (χ0v) is 14.1. The quantitative estimate of drug-likeness (QED) is 0.600. The van der Waals surface area contributed by atoms with Crippen molar-refractivity contribution in [1.29, 1.82) is 0 Å². The minimum Gasteiger partial charge on any atom is -0.489 e. The summed E-state index contributed by atoms with van der Waals surface area (Å²) in [4.78, 5) is 12.2. The van der Waals surface area contributed by atoms with Gasteiger partial charge in [-0.25, -0.2) is 4.79 Å². The lowest BCUT2D eigenvalue weighted by Gasteiger charge is -2.11. The van der Waals surface area contributed by atoms with E-state index in [2.05, 4.69) is 0 Å². The standard InChI is InChI=1S/C22H20O3/c1-17-14-20(22(23)25-16-19-10-6-3-7-11-19)12-13-21(17)24-15-18-8-4-2-5-9-18/h2-14H,15-16H2,1H3. The van der Waals surface area contributed by atoms with Gasteiger partial charge in [0, 0.05) is 0 Å². The van der Waals surface area contributed by atoms with E-state index < -0.39 is 0 Å². The van der Waals surface area contributed by atoms with Crippen LogP contribution in [0.1, 0.15) is 27.0 Å². The smallest absolute Gasteiger partial charge is 0.338 e. The van der Waals surface area contributed by atoms with Crippen molar-refractivity contribution in [3.63, 3.8) is 0 Å². The van der Waals surface area contributed by atoms with Crippen molar-refractivity contribution in [2.75, 3.05) is 0 Å². The van der Waals surface area contributed by atoms with Crippen molar-refractivity contribution in [1.82, 2.24) is 0 Å². The van der Waals surface area contributed by atoms with Crippen molar-refractivity contribution < 1.29 is 14.3 Å². The van der Waals surface area contributed by atoms with Crippen LogP contribution in [0, 0.1) is 6.92 Å². The number of ether oxygens (including phenoxy) is 2. The zero-order valence-electron chi connectivity index (χ0n) is 14.1. The molecule has 0 N–H and O–H groups in total. The maximum absolute atomic E-state index is 12.2. The molecular weight excluding hydrogens is 312 g/mol. The molecule has 0 amide bonds. The molecule has 0 saturated heterocycles. The molecule has 0 unspecified atom stereocenters. The average molecular weight is 332 g/mol. The normalized spacial score (nSPS) is 10.3. The van der Waals surface area contributed by atoms with Gasteiger partial charge in [-0.05, 0) is 41.8 Å². The molecule has 0 atom stereocenters. The van der Waals surface area contributed by atoms with Crippen molar-refractivity contribution in [2.24, 2.45) is 0 Å². The van der Waals surface area contributed by atoms with Crippen LogP contribution in [0.25, 0.3) is 0 Å². The molecule has 0 spiro atoms. The second-order valence-corrected chi connectivity index (χ2v) is 5.82. The molecule has 0 bridgehead atoms. The van der Waals surface area contributed by atoms with Gasteiger partial charge in [0.05, 0.1) is 5.56 Å². The van der Waals surface area contributed by atoms with E-state index in [-0.39, 0.29) is 12.6 Å². The van der Waals surface area contributed by atoms with Crippen LogP contribution in [0.2, 0.25) is 0 Å². The Hall–Kier alpha value is -3.07. The van der Waals surface area contributed by atoms with E-state index in [9.17, 15) is 4.79 Å². The first-order chi connectivity index (χ1) is 12.2. The van der Waals surface area contributed by atoms with Crippen molar-refractivity contribution in [3.8, 4) is 5.75 Å². The molecular formula is C22H20O3. The van der Waals surface area contributed by atoms with Crippen LogP contribution in [0.4, 0.5) is 0 Å². The van der Waals surface area contributed by atoms with E-state index in [1.54, 1.807) is 12.1 Å². The number of benzene rings is 3. The predicted octanol–water partition coefficient (Wildman–Crippen LogP) is 4.93. The summed E-state index contributed by atoms with van der Waals surface area (Å²) in [5.74, 6) is 0.435. The van der Waals surface area contributed by atoms with Gasteiger partial charge in [0.1, 0.15) is 19.0 Å². The number of carbonyl (C=O) groups is 1. The third-order valence-corrected chi connectivity index (χ3v) is 3.86. The molecule has 0 aliphatic rings. The summed E-state index contributed by atoms with van der Waals surface area (Å²) in [5, 5.41) is 0. The molecule has 126 valence electrons. The summed E-state index contributed by atoms with van der Waals surface area (Å²) in [6.07, 6.45) is 0. The van der Waals surface area contributed by atoms with Gasteiger partial charge in [-0.2, -0.15) is 0 Å². The summed E-state index contributed by atoms with van der Waals surface area (Å²) in [5.41, 5.74) is 3.51. The van der Waals surface area contributed by atoms with Gasteiger partial charge in [-0.1, -0.05) is 60.7 Å². The van der Waals surface area contributed by atoms with E-state index >= 15 is 0 Å². The summed E-state index contributed by atoms with van der Waals surface area (Å²) in [7, 11) is 0. The van der Waals surface area contributed by atoms with E-state index in [1.807, 2.05) is 73.7 Å². The van der Waals surface area contributed by atoms with Gasteiger partial charge in [0.15, 0.2) is 0 Å². The number of esters is 1. The second kappa shape index (κ2) is 8.15. The number of rotatable bonds is 6. The molecule has 0 saturated carbocycles. The average Bonchev–Trinajstić information content (AvgIpc) is 2.66. The zero-order chi connectivity index (χ0) is 17.5. The fourth-order valence-electron chi connectivity index (χ4n) is 2.48. The first-order valence-electron chi connectivity index (χ1n) is 8.21. The van der Waals surface area contributed by atoms with Crippen molar-refractivity contribution in [3.05, 3.63) is 101 Å². The lowest BCUT2D eigenvalue weighted by Crippen LogP contribution is -2.06. The summed E-state index contributed by atoms with van der Waals surface area (Å²) >= 11 is 0. The molecule has 0 aromatic heterocycles. The van der Waals surface area contributed by atoms with Crippen LogP contribution >= 0.6 is 0 Å². The first kappa shape index (κ1) is 16.8. The molecule has 0 fully saturated rings. The van der Waals surface area contributed by atoms with Gasteiger partial charge >= 0.3 is 5.97 Å². The first-order valence-corrected chi connectivity index (χ1v) is 8.21. The van der Waals surface area contributed by atoms with Crippen LogP contribution in [0.15, 0.2) is 78.9 Å². The van der Waals surface area contributed by atoms with Gasteiger partial charge < -0.3 is 9.47 Å². The minimum absolute atomic E-state index is 0.269. The topological polar surface area (TPSA) is 35.5 Å². The van der Waals surface area contributed by atoms with E-state index in [1.165, 1.54) is 0 Å². The maximum Gasteiger partial charge on any atom is 0.338 e. The molecule has 0 aliphatic heterocycles. The summed E-state index contributed by atoms with van der Waals surface area (Å²) < 4.78 is 11.2. The second-order valence-electron chi connectivity index (χ2n) is 5.82. The van der Waals surface area contributed by atoms with Crippen LogP contribution in [-0.2, 0) is 18.0 Å². The monoisotopic (exact) mass is 332 g/mol. The van der Waals surface area contributed by atoms with E-state index in [0.717, 1.165) is 22.4 Å². The number of hydrogen-bond donors (Lipinski definition) is 0. The predicted molar refractivity (Wildman–Crippen MR) is 97.5 cm³/mol. The fraction of sp³-hybridized carbons (Fsp3) is 0.136. The van der Waals surface area contributed by atoms with E-state index in [4.69, 9.17) is 9.47 Å². The Balaban J connectivity index is 1.60. The van der Waals surface area contributed by atoms with Gasteiger partial charge in [0.25, 0.3) is 0 Å². The lowest BCUT2D eigenvalue weighted by molar-refractivity contribution is 0.0472. The van der Waals surface area contributed by atoms with Crippen LogP contribution in [-0.4, -0.2) is 5.97 Å². The molecule has 25 heavy (non-hydrogen) atoms. The number of hydrogen-bond acceptors (Lipinski definition) is 3.